The average Bonchev–Trinajstić information content (AvgIpc) is 3.85. The Kier molecular flexibility index (Phi) is 11.1. The highest BCUT2D eigenvalue weighted by Crippen LogP contribution is 2.23. The maximum atomic E-state index is 13.2. The average molecular weight is 721 g/mol. The number of nitrogens with zero attached hydrogens (tertiary/aromatic N) is 7. The summed E-state index contributed by atoms with van der Waals surface area (Å²) < 4.78 is 5.90. The summed E-state index contributed by atoms with van der Waals surface area (Å²) in [5, 5.41) is 24.8. The zero-order chi connectivity index (χ0) is 35.9. The number of aryl methyl sites for hydroxylation is 3. The lowest BCUT2D eigenvalue weighted by molar-refractivity contribution is 0.0944. The second-order valence-corrected chi connectivity index (χ2v) is 12.1. The molecule has 0 radical (unpaired) electrons. The topological polar surface area (TPSA) is 176 Å². The van der Waals surface area contributed by atoms with Gasteiger partial charge in [0, 0.05) is 88.4 Å². The number of nitriles is 1. The monoisotopic (exact) mass is 719 g/mol. The van der Waals surface area contributed by atoms with Crippen molar-refractivity contribution in [2.75, 3.05) is 52.2 Å². The normalized spacial score (nSPS) is 10.9. The Morgan fingerprint density at radius 3 is 1.80 bits per heavy atom. The number of alkyl halides is 2. The number of nitrogens with one attached hydrogen (secondary N) is 4. The van der Waals surface area contributed by atoms with Crippen molar-refractivity contribution in [2.24, 2.45) is 21.1 Å². The van der Waals surface area contributed by atoms with Crippen LogP contribution in [0.25, 0.3) is 10.9 Å². The molecule has 0 fully saturated rings. The summed E-state index contributed by atoms with van der Waals surface area (Å²) >= 11 is 11.9. The van der Waals surface area contributed by atoms with Crippen LogP contribution in [0.1, 0.15) is 37.9 Å². The Morgan fingerprint density at radius 2 is 1.28 bits per heavy atom. The first-order valence-corrected chi connectivity index (χ1v) is 16.5. The Balaban J connectivity index is 1.22. The second kappa shape index (κ2) is 15.7. The van der Waals surface area contributed by atoms with Gasteiger partial charge in [0.15, 0.2) is 0 Å². The molecule has 15 nitrogen and oxygen atoms in total. The van der Waals surface area contributed by atoms with Crippen LogP contribution in [-0.4, -0.2) is 78.6 Å². The lowest BCUT2D eigenvalue weighted by Crippen LogP contribution is -2.27. The minimum Gasteiger partial charge on any atom is -0.369 e. The van der Waals surface area contributed by atoms with Gasteiger partial charge in [-0.25, -0.2) is 4.79 Å². The van der Waals surface area contributed by atoms with Gasteiger partial charge in [-0.1, -0.05) is 0 Å². The minimum absolute atomic E-state index is 0.185. The molecule has 0 aliphatic rings. The van der Waals surface area contributed by atoms with Crippen molar-refractivity contribution in [2.45, 2.75) is 6.42 Å². The second-order valence-electron chi connectivity index (χ2n) is 11.4. The van der Waals surface area contributed by atoms with Crippen molar-refractivity contribution >= 4 is 80.6 Å². The van der Waals surface area contributed by atoms with Gasteiger partial charge in [-0.3, -0.25) is 14.4 Å². The van der Waals surface area contributed by atoms with Crippen LogP contribution in [0.15, 0.2) is 61.2 Å². The van der Waals surface area contributed by atoms with Gasteiger partial charge < -0.3 is 39.9 Å². The standard InChI is InChI=1S/C33H35Cl2N11O4/c1-42-18-22(14-27(42)30(47)37-10-4-9-36)38-31(48)28-15-23(19-43(28)2)39-32(49)29-16-24(20-44(29)3)40-33(50)46-17-21-13-25(5-6-26(21)41-46)45(11-7-34)12-8-35/h5-6,13-20H,4,7-8,10-12H2,1-3H3,(H,37,47)(H,38,48)(H,39,49)(H,40,50). The van der Waals surface area contributed by atoms with Gasteiger partial charge in [-0.15, -0.1) is 23.2 Å². The van der Waals surface area contributed by atoms with Gasteiger partial charge in [-0.05, 0) is 36.4 Å². The SMILES string of the molecule is Cn1cc(NC(=O)c2cc(NC(=O)c3cc(NC(=O)n4cc5cc(N(CCCl)CCCl)ccc5n4)cn3C)cn2C)cc1C(=O)NCCC#N. The van der Waals surface area contributed by atoms with Gasteiger partial charge >= 0.3 is 6.03 Å². The number of amides is 4. The number of benzene rings is 1. The van der Waals surface area contributed by atoms with E-state index >= 15 is 0 Å². The molecule has 50 heavy (non-hydrogen) atoms. The molecule has 0 unspecified atom stereocenters. The van der Waals surface area contributed by atoms with E-state index in [1.807, 2.05) is 24.3 Å². The summed E-state index contributed by atoms with van der Waals surface area (Å²) in [6.45, 7) is 1.47. The third kappa shape index (κ3) is 8.11. The van der Waals surface area contributed by atoms with Crippen molar-refractivity contribution in [3.8, 4) is 6.07 Å². The zero-order valence-electron chi connectivity index (χ0n) is 27.5. The maximum absolute atomic E-state index is 13.2. The van der Waals surface area contributed by atoms with E-state index in [1.165, 1.54) is 22.9 Å². The fourth-order valence-corrected chi connectivity index (χ4v) is 5.77. The summed E-state index contributed by atoms with van der Waals surface area (Å²) in [6, 6.07) is 11.7. The lowest BCUT2D eigenvalue weighted by Gasteiger charge is -2.22. The number of fused-ring (bicyclic) bond motifs is 1. The van der Waals surface area contributed by atoms with Crippen molar-refractivity contribution in [3.63, 3.8) is 0 Å². The molecule has 4 aromatic heterocycles. The molecule has 0 aliphatic carbocycles. The Labute approximate surface area is 297 Å². The molecular weight excluding hydrogens is 685 g/mol. The fraction of sp³-hybridized carbons (Fsp3) is 0.273. The van der Waals surface area contributed by atoms with Crippen LogP contribution in [-0.2, 0) is 21.1 Å². The molecule has 4 amide bonds. The molecule has 0 aliphatic heterocycles. The molecule has 0 bridgehead atoms. The van der Waals surface area contributed by atoms with E-state index < -0.39 is 17.8 Å². The van der Waals surface area contributed by atoms with Crippen LogP contribution in [0.3, 0.4) is 0 Å². The summed E-state index contributed by atoms with van der Waals surface area (Å²) in [7, 11) is 5.00. The first-order chi connectivity index (χ1) is 24.0. The van der Waals surface area contributed by atoms with Crippen LogP contribution in [0.5, 0.6) is 0 Å². The molecule has 0 atom stereocenters. The number of halogens is 2. The smallest absolute Gasteiger partial charge is 0.346 e. The third-order valence-corrected chi connectivity index (χ3v) is 8.11. The molecule has 0 spiro atoms. The van der Waals surface area contributed by atoms with Gasteiger partial charge in [0.05, 0.1) is 35.1 Å². The summed E-state index contributed by atoms with van der Waals surface area (Å²) in [5.74, 6) is -0.388. The number of anilines is 4. The van der Waals surface area contributed by atoms with Crippen LogP contribution in [0.4, 0.5) is 27.5 Å². The van der Waals surface area contributed by atoms with Crippen LogP contribution in [0.2, 0.25) is 0 Å². The predicted octanol–water partition coefficient (Wildman–Crippen LogP) is 4.56. The number of carbonyl (C=O) groups excluding carboxylic acids is 4. The Morgan fingerprint density at radius 1 is 0.760 bits per heavy atom. The highest BCUT2D eigenvalue weighted by Gasteiger charge is 2.19. The predicted molar refractivity (Wildman–Crippen MR) is 193 cm³/mol. The van der Waals surface area contributed by atoms with Crippen LogP contribution < -0.4 is 26.2 Å². The first-order valence-electron chi connectivity index (χ1n) is 15.5. The fourth-order valence-electron chi connectivity index (χ4n) is 5.36. The van der Waals surface area contributed by atoms with Gasteiger partial charge in [-0.2, -0.15) is 15.0 Å². The lowest BCUT2D eigenvalue weighted by atomic mass is 10.2. The molecule has 0 saturated heterocycles. The number of hydrogen-bond donors (Lipinski definition) is 4. The van der Waals surface area contributed by atoms with Crippen LogP contribution >= 0.6 is 23.2 Å². The molecule has 17 heteroatoms. The van der Waals surface area contributed by atoms with Crippen molar-refractivity contribution in [1.29, 1.82) is 5.26 Å². The van der Waals surface area contributed by atoms with E-state index in [0.717, 1.165) is 11.1 Å². The number of rotatable bonds is 13. The van der Waals surface area contributed by atoms with E-state index in [1.54, 1.807) is 59.6 Å². The highest BCUT2D eigenvalue weighted by atomic mass is 35.5. The molecule has 5 rings (SSSR count). The number of aromatic nitrogens is 5. The van der Waals surface area contributed by atoms with Gasteiger partial charge in [0.2, 0.25) is 0 Å². The summed E-state index contributed by atoms with van der Waals surface area (Å²) in [5.41, 5.74) is 3.54. The molecule has 4 heterocycles. The van der Waals surface area contributed by atoms with Gasteiger partial charge in [0.1, 0.15) is 17.1 Å². The third-order valence-electron chi connectivity index (χ3n) is 7.77. The number of carbonyl (C=O) groups is 4. The highest BCUT2D eigenvalue weighted by molar-refractivity contribution is 6.18. The molecule has 4 N–H and O–H groups in total. The zero-order valence-corrected chi connectivity index (χ0v) is 29.0. The minimum atomic E-state index is -0.512. The Hall–Kier alpha value is -5.72. The van der Waals surface area contributed by atoms with E-state index in [4.69, 9.17) is 28.5 Å². The van der Waals surface area contributed by atoms with Crippen molar-refractivity contribution in [1.82, 2.24) is 28.8 Å². The molecule has 260 valence electrons. The van der Waals surface area contributed by atoms with E-state index in [9.17, 15) is 19.2 Å². The van der Waals surface area contributed by atoms with E-state index in [-0.39, 0.29) is 30.3 Å². The number of hydrogen-bond acceptors (Lipinski definition) is 7. The van der Waals surface area contributed by atoms with E-state index in [0.29, 0.717) is 53.1 Å². The Bertz CT molecular complexity index is 2100. The van der Waals surface area contributed by atoms with Gasteiger partial charge in [0.25, 0.3) is 17.7 Å². The summed E-state index contributed by atoms with van der Waals surface area (Å²) in [6.07, 6.45) is 6.60. The maximum Gasteiger partial charge on any atom is 0.346 e. The molecule has 1 aromatic carbocycles. The van der Waals surface area contributed by atoms with Crippen LogP contribution in [0, 0.1) is 11.3 Å². The van der Waals surface area contributed by atoms with Crippen molar-refractivity contribution in [3.05, 3.63) is 78.3 Å². The van der Waals surface area contributed by atoms with E-state index in [2.05, 4.69) is 31.3 Å². The first kappa shape index (κ1) is 35.6. The molecule has 5 aromatic rings. The largest absolute Gasteiger partial charge is 0.369 e. The van der Waals surface area contributed by atoms with Crippen molar-refractivity contribution < 1.29 is 19.2 Å². The molecule has 0 saturated carbocycles. The summed E-state index contributed by atoms with van der Waals surface area (Å²) in [4.78, 5) is 53.9. The molecular formula is C33H35Cl2N11O4. The quantitative estimate of drug-likeness (QED) is 0.102.